The highest BCUT2D eigenvalue weighted by Gasteiger charge is 2.33. The number of hydrogen-bond acceptors (Lipinski definition) is 6. The zero-order chi connectivity index (χ0) is 18.0. The van der Waals surface area contributed by atoms with Gasteiger partial charge < -0.3 is 0 Å². The van der Waals surface area contributed by atoms with Gasteiger partial charge in [-0.2, -0.15) is 0 Å². The third-order valence-corrected chi connectivity index (χ3v) is 4.62. The first-order valence-electron chi connectivity index (χ1n) is 7.00. The summed E-state index contributed by atoms with van der Waals surface area (Å²) < 4.78 is 13.9. The monoisotopic (exact) mass is 375 g/mol. The highest BCUT2D eigenvalue weighted by molar-refractivity contribution is 8.26. The van der Waals surface area contributed by atoms with Crippen LogP contribution in [0.5, 0.6) is 0 Å². The van der Waals surface area contributed by atoms with Crippen LogP contribution in [0.4, 0.5) is 15.8 Å². The number of carbonyl (C=O) groups excluding carboxylic acids is 1. The van der Waals surface area contributed by atoms with Gasteiger partial charge in [-0.1, -0.05) is 42.1 Å². The molecule has 0 unspecified atom stereocenters. The number of thioether (sulfide) groups is 1. The van der Waals surface area contributed by atoms with Crippen LogP contribution < -0.4 is 5.43 Å². The van der Waals surface area contributed by atoms with Gasteiger partial charge in [0, 0.05) is 11.6 Å². The SMILES string of the molecule is O=C1/C(=C\c2ccccc2F)SC(=S)N1Nc1ccccc1[N+](=O)[O-]. The molecule has 1 fully saturated rings. The van der Waals surface area contributed by atoms with Crippen LogP contribution in [-0.2, 0) is 4.79 Å². The highest BCUT2D eigenvalue weighted by Crippen LogP contribution is 2.34. The summed E-state index contributed by atoms with van der Waals surface area (Å²) in [4.78, 5) is 23.2. The molecule has 0 aliphatic carbocycles. The Hall–Kier alpha value is -2.78. The van der Waals surface area contributed by atoms with Crippen molar-refractivity contribution in [2.24, 2.45) is 0 Å². The van der Waals surface area contributed by atoms with E-state index in [0.717, 1.165) is 16.8 Å². The number of rotatable bonds is 4. The molecule has 1 saturated heterocycles. The maximum atomic E-state index is 13.8. The molecule has 126 valence electrons. The van der Waals surface area contributed by atoms with E-state index >= 15 is 0 Å². The molecule has 2 aromatic carbocycles. The fourth-order valence-corrected chi connectivity index (χ4v) is 3.32. The first-order chi connectivity index (χ1) is 12.0. The van der Waals surface area contributed by atoms with Crippen LogP contribution in [-0.4, -0.2) is 20.2 Å². The highest BCUT2D eigenvalue weighted by atomic mass is 32.2. The van der Waals surface area contributed by atoms with Crippen molar-refractivity contribution in [1.82, 2.24) is 5.01 Å². The van der Waals surface area contributed by atoms with Crippen molar-refractivity contribution in [1.29, 1.82) is 0 Å². The lowest BCUT2D eigenvalue weighted by molar-refractivity contribution is -0.384. The van der Waals surface area contributed by atoms with E-state index in [1.807, 2.05) is 0 Å². The van der Waals surface area contributed by atoms with E-state index in [4.69, 9.17) is 12.2 Å². The third-order valence-electron chi connectivity index (χ3n) is 3.32. The number of anilines is 1. The predicted octanol–water partition coefficient (Wildman–Crippen LogP) is 3.96. The largest absolute Gasteiger partial charge is 0.294 e. The average Bonchev–Trinajstić information content (AvgIpc) is 2.85. The quantitative estimate of drug-likeness (QED) is 0.377. The maximum absolute atomic E-state index is 13.8. The summed E-state index contributed by atoms with van der Waals surface area (Å²) in [6.45, 7) is 0. The Labute approximate surface area is 151 Å². The van der Waals surface area contributed by atoms with Gasteiger partial charge in [0.2, 0.25) is 0 Å². The summed E-state index contributed by atoms with van der Waals surface area (Å²) in [5.41, 5.74) is 2.87. The first-order valence-corrected chi connectivity index (χ1v) is 8.22. The van der Waals surface area contributed by atoms with Gasteiger partial charge in [0.05, 0.1) is 9.83 Å². The minimum absolute atomic E-state index is 0.135. The van der Waals surface area contributed by atoms with Crippen LogP contribution in [0.25, 0.3) is 6.08 Å². The minimum Gasteiger partial charge on any atom is -0.283 e. The Kier molecular flexibility index (Phi) is 4.77. The molecule has 0 saturated carbocycles. The van der Waals surface area contributed by atoms with Crippen LogP contribution in [0, 0.1) is 15.9 Å². The molecule has 9 heteroatoms. The van der Waals surface area contributed by atoms with Gasteiger partial charge in [0.25, 0.3) is 11.6 Å². The number of benzene rings is 2. The summed E-state index contributed by atoms with van der Waals surface area (Å²) >= 11 is 6.14. The summed E-state index contributed by atoms with van der Waals surface area (Å²) in [6.07, 6.45) is 1.40. The number of carbonyl (C=O) groups is 1. The number of amides is 1. The summed E-state index contributed by atoms with van der Waals surface area (Å²) in [7, 11) is 0. The van der Waals surface area contributed by atoms with Crippen molar-refractivity contribution in [3.05, 3.63) is 74.9 Å². The first kappa shape index (κ1) is 17.1. The standard InChI is InChI=1S/C16H10FN3O3S2/c17-11-6-2-1-5-10(11)9-14-15(21)19(16(24)25-14)18-12-7-3-4-8-13(12)20(22)23/h1-9,18H/b14-9+. The molecule has 3 rings (SSSR count). The van der Waals surface area contributed by atoms with Gasteiger partial charge in [-0.3, -0.25) is 20.3 Å². The molecule has 1 aliphatic heterocycles. The molecular formula is C16H10FN3O3S2. The zero-order valence-corrected chi connectivity index (χ0v) is 14.1. The molecule has 1 heterocycles. The fourth-order valence-electron chi connectivity index (χ4n) is 2.15. The van der Waals surface area contributed by atoms with Gasteiger partial charge in [-0.05, 0) is 30.4 Å². The normalized spacial score (nSPS) is 15.7. The van der Waals surface area contributed by atoms with Crippen molar-refractivity contribution in [3.8, 4) is 0 Å². The number of hydrogen-bond donors (Lipinski definition) is 1. The van der Waals surface area contributed by atoms with Crippen LogP contribution in [0.2, 0.25) is 0 Å². The predicted molar refractivity (Wildman–Crippen MR) is 98.1 cm³/mol. The van der Waals surface area contributed by atoms with Crippen molar-refractivity contribution in [2.75, 3.05) is 5.43 Å². The lowest BCUT2D eigenvalue weighted by Gasteiger charge is -2.16. The second kappa shape index (κ2) is 6.99. The van der Waals surface area contributed by atoms with E-state index in [1.165, 1.54) is 36.4 Å². The number of hydrazine groups is 1. The number of nitro benzene ring substituents is 1. The molecule has 0 radical (unpaired) electrons. The third kappa shape index (κ3) is 3.52. The lowest BCUT2D eigenvalue weighted by atomic mass is 10.2. The molecule has 1 aliphatic rings. The molecule has 1 N–H and O–H groups in total. The van der Waals surface area contributed by atoms with E-state index in [-0.39, 0.29) is 26.2 Å². The van der Waals surface area contributed by atoms with Crippen LogP contribution in [0.15, 0.2) is 53.4 Å². The summed E-state index contributed by atoms with van der Waals surface area (Å²) in [6, 6.07) is 11.9. The van der Waals surface area contributed by atoms with Crippen LogP contribution in [0.1, 0.15) is 5.56 Å². The van der Waals surface area contributed by atoms with Gasteiger partial charge in [0.15, 0.2) is 4.32 Å². The van der Waals surface area contributed by atoms with E-state index in [0.29, 0.717) is 0 Å². The molecular weight excluding hydrogens is 365 g/mol. The van der Waals surface area contributed by atoms with E-state index in [9.17, 15) is 19.3 Å². The summed E-state index contributed by atoms with van der Waals surface area (Å²) in [5, 5.41) is 12.1. The Bertz CT molecular complexity index is 917. The molecule has 25 heavy (non-hydrogen) atoms. The number of nitrogens with zero attached hydrogens (tertiary/aromatic N) is 2. The number of thiocarbonyl (C=S) groups is 1. The lowest BCUT2D eigenvalue weighted by Crippen LogP contribution is -2.34. The Morgan fingerprint density at radius 2 is 1.88 bits per heavy atom. The van der Waals surface area contributed by atoms with E-state index in [2.05, 4.69) is 5.43 Å². The Morgan fingerprint density at radius 1 is 1.20 bits per heavy atom. The van der Waals surface area contributed by atoms with Gasteiger partial charge in [0.1, 0.15) is 11.5 Å². The number of para-hydroxylation sites is 2. The molecule has 6 nitrogen and oxygen atoms in total. The molecule has 0 bridgehead atoms. The molecule has 1 amide bonds. The second-order valence-corrected chi connectivity index (χ2v) is 6.60. The fraction of sp³-hybridized carbons (Fsp3) is 0. The molecule has 0 atom stereocenters. The van der Waals surface area contributed by atoms with Gasteiger partial charge in [-0.25, -0.2) is 9.40 Å². The smallest absolute Gasteiger partial charge is 0.283 e. The zero-order valence-electron chi connectivity index (χ0n) is 12.5. The maximum Gasteiger partial charge on any atom is 0.294 e. The van der Waals surface area contributed by atoms with Crippen molar-refractivity contribution in [3.63, 3.8) is 0 Å². The average molecular weight is 375 g/mol. The number of halogens is 1. The van der Waals surface area contributed by atoms with Crippen molar-refractivity contribution >= 4 is 51.7 Å². The summed E-state index contributed by atoms with van der Waals surface area (Å²) in [5.74, 6) is -0.962. The molecule has 0 spiro atoms. The topological polar surface area (TPSA) is 75.5 Å². The minimum atomic E-state index is -0.560. The van der Waals surface area contributed by atoms with Crippen LogP contribution in [0.3, 0.4) is 0 Å². The second-order valence-electron chi connectivity index (χ2n) is 4.92. The van der Waals surface area contributed by atoms with Crippen molar-refractivity contribution < 1.29 is 14.1 Å². The van der Waals surface area contributed by atoms with E-state index in [1.54, 1.807) is 18.2 Å². The number of nitrogens with one attached hydrogen (secondary N) is 1. The Morgan fingerprint density at radius 3 is 2.60 bits per heavy atom. The van der Waals surface area contributed by atoms with E-state index < -0.39 is 16.6 Å². The van der Waals surface area contributed by atoms with Crippen molar-refractivity contribution in [2.45, 2.75) is 0 Å². The number of nitro groups is 1. The molecule has 0 aromatic heterocycles. The van der Waals surface area contributed by atoms with Gasteiger partial charge in [-0.15, -0.1) is 0 Å². The molecule has 2 aromatic rings. The Balaban J connectivity index is 1.88. The van der Waals surface area contributed by atoms with Gasteiger partial charge >= 0.3 is 0 Å². The van der Waals surface area contributed by atoms with Crippen LogP contribution >= 0.6 is 24.0 Å².